The quantitative estimate of drug-likeness (QED) is 0.306. The lowest BCUT2D eigenvalue weighted by Crippen LogP contribution is -2.33. The molecule has 2 atom stereocenters. The van der Waals surface area contributed by atoms with Crippen LogP contribution in [0.3, 0.4) is 0 Å². The molecule has 3 aromatic rings. The highest BCUT2D eigenvalue weighted by Crippen LogP contribution is 2.32. The maximum absolute atomic E-state index is 13.4. The highest BCUT2D eigenvalue weighted by atomic mass is 32.1. The number of carbonyl (C=O) groups is 4. The van der Waals surface area contributed by atoms with Crippen molar-refractivity contribution in [2.24, 2.45) is 5.92 Å². The van der Waals surface area contributed by atoms with Crippen LogP contribution in [0.15, 0.2) is 53.9 Å². The second-order valence-corrected chi connectivity index (χ2v) is 9.83. The lowest BCUT2D eigenvalue weighted by molar-refractivity contribution is -0.119. The van der Waals surface area contributed by atoms with Gasteiger partial charge in [-0.15, -0.1) is 11.3 Å². The van der Waals surface area contributed by atoms with E-state index in [2.05, 4.69) is 10.3 Å². The average Bonchev–Trinajstić information content (AvgIpc) is 3.48. The van der Waals surface area contributed by atoms with Gasteiger partial charge >= 0.3 is 6.09 Å². The van der Waals surface area contributed by atoms with E-state index in [1.807, 2.05) is 36.4 Å². The summed E-state index contributed by atoms with van der Waals surface area (Å²) in [5, 5.41) is 5.13. The molecule has 36 heavy (non-hydrogen) atoms. The van der Waals surface area contributed by atoms with Crippen molar-refractivity contribution in [2.75, 3.05) is 18.0 Å². The summed E-state index contributed by atoms with van der Waals surface area (Å²) in [5.74, 6) is -1.42. The number of hydrogen-bond donors (Lipinski definition) is 1. The first-order valence-electron chi connectivity index (χ1n) is 11.9. The summed E-state index contributed by atoms with van der Waals surface area (Å²) in [6.45, 7) is 1.96. The number of hydrogen-bond acceptors (Lipinski definition) is 7. The van der Waals surface area contributed by atoms with Gasteiger partial charge in [-0.1, -0.05) is 30.3 Å². The molecule has 1 N–H and O–H groups in total. The first-order valence-corrected chi connectivity index (χ1v) is 12.7. The molecule has 0 bridgehead atoms. The van der Waals surface area contributed by atoms with Crippen molar-refractivity contribution < 1.29 is 23.9 Å². The van der Waals surface area contributed by atoms with Crippen LogP contribution >= 0.6 is 11.3 Å². The number of nitrogens with zero attached hydrogens (tertiary/aromatic N) is 2. The fourth-order valence-corrected chi connectivity index (χ4v) is 5.45. The van der Waals surface area contributed by atoms with Crippen molar-refractivity contribution >= 4 is 40.6 Å². The van der Waals surface area contributed by atoms with Crippen molar-refractivity contribution in [3.8, 4) is 10.6 Å². The molecule has 0 saturated carbocycles. The number of nitrogens with one attached hydrogen (secondary N) is 1. The van der Waals surface area contributed by atoms with E-state index in [-0.39, 0.29) is 24.0 Å². The molecule has 9 heteroatoms. The standard InChI is InChI=1S/C27H25N3O5S/c1-16(31)28-13-20-14-30(27(34)35-20)19-10-11-21-18(12-19)8-5-9-22(24(21)32)25(33)23-15-36-26(29-23)17-6-3-2-4-7-17/h2-4,6-7,10-12,15,20,22H,5,8-9,13-14H2,1H3,(H,28,31)/t20-,22?/m0/s1. The van der Waals surface area contributed by atoms with E-state index in [0.717, 1.165) is 16.1 Å². The minimum atomic E-state index is -0.776. The Labute approximate surface area is 212 Å². The Balaban J connectivity index is 1.33. The van der Waals surface area contributed by atoms with Gasteiger partial charge in [-0.25, -0.2) is 9.78 Å². The monoisotopic (exact) mass is 503 g/mol. The minimum absolute atomic E-state index is 0.189. The van der Waals surface area contributed by atoms with Gasteiger partial charge in [0, 0.05) is 29.1 Å². The number of fused-ring (bicyclic) bond motifs is 1. The van der Waals surface area contributed by atoms with Gasteiger partial charge in [0.25, 0.3) is 0 Å². The lowest BCUT2D eigenvalue weighted by Gasteiger charge is -2.16. The van der Waals surface area contributed by atoms with Gasteiger partial charge in [-0.05, 0) is 43.0 Å². The number of aryl methyl sites for hydroxylation is 1. The number of ether oxygens (including phenoxy) is 1. The molecule has 0 spiro atoms. The van der Waals surface area contributed by atoms with Gasteiger partial charge in [0.1, 0.15) is 16.8 Å². The topological polar surface area (TPSA) is 106 Å². The molecule has 8 nitrogen and oxygen atoms in total. The van der Waals surface area contributed by atoms with Crippen molar-refractivity contribution in [1.82, 2.24) is 10.3 Å². The molecule has 2 aliphatic rings. The van der Waals surface area contributed by atoms with E-state index >= 15 is 0 Å². The summed E-state index contributed by atoms with van der Waals surface area (Å²) in [6, 6.07) is 14.9. The third kappa shape index (κ3) is 4.79. The molecule has 1 fully saturated rings. The summed E-state index contributed by atoms with van der Waals surface area (Å²) in [5.41, 5.74) is 3.21. The van der Waals surface area contributed by atoms with Crippen LogP contribution < -0.4 is 10.2 Å². The van der Waals surface area contributed by atoms with Gasteiger partial charge < -0.3 is 10.1 Å². The van der Waals surface area contributed by atoms with Crippen LogP contribution in [0.2, 0.25) is 0 Å². The predicted octanol–water partition coefficient (Wildman–Crippen LogP) is 4.29. The number of cyclic esters (lactones) is 1. The number of amides is 2. The largest absolute Gasteiger partial charge is 0.442 e. The minimum Gasteiger partial charge on any atom is -0.442 e. The van der Waals surface area contributed by atoms with E-state index in [9.17, 15) is 19.2 Å². The van der Waals surface area contributed by atoms with Crippen LogP contribution in [0.4, 0.5) is 10.5 Å². The summed E-state index contributed by atoms with van der Waals surface area (Å²) < 4.78 is 5.35. The fourth-order valence-electron chi connectivity index (χ4n) is 4.64. The summed E-state index contributed by atoms with van der Waals surface area (Å²) in [4.78, 5) is 56.3. The second kappa shape index (κ2) is 10.0. The molecule has 0 radical (unpaired) electrons. The molecule has 2 amide bonds. The normalized spacial score (nSPS) is 19.4. The highest BCUT2D eigenvalue weighted by molar-refractivity contribution is 7.13. The molecule has 2 aromatic carbocycles. The molecule has 1 saturated heterocycles. The maximum atomic E-state index is 13.4. The van der Waals surface area contributed by atoms with Gasteiger partial charge in [0.15, 0.2) is 11.6 Å². The third-order valence-electron chi connectivity index (χ3n) is 6.47. The van der Waals surface area contributed by atoms with E-state index in [0.29, 0.717) is 42.8 Å². The number of carbonyl (C=O) groups excluding carboxylic acids is 4. The Morgan fingerprint density at radius 3 is 2.75 bits per heavy atom. The summed E-state index contributed by atoms with van der Waals surface area (Å²) in [7, 11) is 0. The van der Waals surface area contributed by atoms with E-state index in [1.165, 1.54) is 23.2 Å². The molecule has 2 heterocycles. The molecule has 1 aromatic heterocycles. The first-order chi connectivity index (χ1) is 17.4. The van der Waals surface area contributed by atoms with Gasteiger partial charge in [0.2, 0.25) is 5.91 Å². The van der Waals surface area contributed by atoms with Crippen molar-refractivity contribution in [3.05, 3.63) is 70.7 Å². The van der Waals surface area contributed by atoms with Gasteiger partial charge in [0.05, 0.1) is 19.0 Å². The lowest BCUT2D eigenvalue weighted by atomic mass is 9.90. The Morgan fingerprint density at radius 1 is 1.17 bits per heavy atom. The van der Waals surface area contributed by atoms with Crippen molar-refractivity contribution in [1.29, 1.82) is 0 Å². The number of aromatic nitrogens is 1. The first kappa shape index (κ1) is 23.9. The van der Waals surface area contributed by atoms with Crippen LogP contribution in [-0.2, 0) is 16.0 Å². The Morgan fingerprint density at radius 2 is 1.97 bits per heavy atom. The van der Waals surface area contributed by atoms with E-state index < -0.39 is 18.1 Å². The van der Waals surface area contributed by atoms with Crippen LogP contribution in [0.5, 0.6) is 0 Å². The van der Waals surface area contributed by atoms with Crippen LogP contribution in [0, 0.1) is 5.92 Å². The summed E-state index contributed by atoms with van der Waals surface area (Å²) in [6.07, 6.45) is 0.816. The average molecular weight is 504 g/mol. The summed E-state index contributed by atoms with van der Waals surface area (Å²) >= 11 is 1.39. The molecule has 1 aliphatic carbocycles. The number of thiazole rings is 1. The van der Waals surface area contributed by atoms with Crippen LogP contribution in [0.25, 0.3) is 10.6 Å². The SMILES string of the molecule is CC(=O)NC[C@H]1CN(c2ccc3c(c2)CCCC(C(=O)c2csc(-c4ccccc4)n2)C3=O)C(=O)O1. The number of Topliss-reactive ketones (excluding diaryl/α,β-unsaturated/α-hetero) is 2. The number of benzene rings is 2. The number of rotatable bonds is 6. The molecule has 5 rings (SSSR count). The Hall–Kier alpha value is -3.85. The Kier molecular flexibility index (Phi) is 6.65. The zero-order chi connectivity index (χ0) is 25.2. The van der Waals surface area contributed by atoms with E-state index in [4.69, 9.17) is 4.74 Å². The molecule has 1 unspecified atom stereocenters. The predicted molar refractivity (Wildman–Crippen MR) is 135 cm³/mol. The maximum Gasteiger partial charge on any atom is 0.414 e. The molecule has 1 aliphatic heterocycles. The van der Waals surface area contributed by atoms with Gasteiger partial charge in [-0.2, -0.15) is 0 Å². The van der Waals surface area contributed by atoms with Gasteiger partial charge in [-0.3, -0.25) is 19.3 Å². The van der Waals surface area contributed by atoms with Crippen molar-refractivity contribution in [3.63, 3.8) is 0 Å². The zero-order valence-electron chi connectivity index (χ0n) is 19.7. The zero-order valence-corrected chi connectivity index (χ0v) is 20.5. The number of ketones is 2. The second-order valence-electron chi connectivity index (χ2n) is 8.97. The number of anilines is 1. The highest BCUT2D eigenvalue weighted by Gasteiger charge is 2.35. The smallest absolute Gasteiger partial charge is 0.414 e. The molecule has 184 valence electrons. The molecular weight excluding hydrogens is 478 g/mol. The Bertz CT molecular complexity index is 1340. The third-order valence-corrected chi connectivity index (χ3v) is 7.36. The van der Waals surface area contributed by atoms with Crippen molar-refractivity contribution in [2.45, 2.75) is 32.3 Å². The fraction of sp³-hybridized carbons (Fsp3) is 0.296. The van der Waals surface area contributed by atoms with E-state index in [1.54, 1.807) is 17.5 Å². The van der Waals surface area contributed by atoms with Crippen LogP contribution in [-0.4, -0.2) is 47.7 Å². The molecular formula is C27H25N3O5S. The van der Waals surface area contributed by atoms with Crippen LogP contribution in [0.1, 0.15) is 46.2 Å².